The van der Waals surface area contributed by atoms with Crippen LogP contribution in [0.5, 0.6) is 5.75 Å². The van der Waals surface area contributed by atoms with Crippen molar-refractivity contribution >= 4 is 5.96 Å². The van der Waals surface area contributed by atoms with Gasteiger partial charge in [-0.2, -0.15) is 5.10 Å². The molecule has 0 atom stereocenters. The number of hydrogen-bond acceptors (Lipinski definition) is 4. The largest absolute Gasteiger partial charge is 0.491 e. The minimum absolute atomic E-state index is 0.0178. The maximum atomic E-state index is 12.4. The number of guanidine groups is 1. The van der Waals surface area contributed by atoms with Gasteiger partial charge in [-0.15, -0.1) is 0 Å². The number of nitrogens with zero attached hydrogens (tertiary/aromatic N) is 4. The summed E-state index contributed by atoms with van der Waals surface area (Å²) in [7, 11) is 1.75. The van der Waals surface area contributed by atoms with Gasteiger partial charge >= 0.3 is 5.69 Å². The lowest BCUT2D eigenvalue weighted by Crippen LogP contribution is -2.38. The second-order valence-corrected chi connectivity index (χ2v) is 8.01. The average molecular weight is 415 g/mol. The molecule has 0 amide bonds. The lowest BCUT2D eigenvalue weighted by Gasteiger charge is -2.17. The van der Waals surface area contributed by atoms with Gasteiger partial charge in [0.25, 0.3) is 0 Å². The molecule has 2 N–H and O–H groups in total. The quantitative estimate of drug-likeness (QED) is 0.393. The first-order valence-corrected chi connectivity index (χ1v) is 10.8. The summed E-state index contributed by atoms with van der Waals surface area (Å²) in [6.45, 7) is 8.85. The highest BCUT2D eigenvalue weighted by molar-refractivity contribution is 5.79. The summed E-state index contributed by atoms with van der Waals surface area (Å²) in [6, 6.07) is 6.23. The summed E-state index contributed by atoms with van der Waals surface area (Å²) in [6.07, 6.45) is 4.00. The first-order valence-electron chi connectivity index (χ1n) is 10.8. The standard InChI is InChI=1S/C22H34N6O2/c1-16(2)30-19-14-17(3)9-10-18(19)15-25-21(23-4)24-11-7-13-28-22(29)27-12-6-5-8-20(27)26-28/h9-10,14,16H,5-8,11-13,15H2,1-4H3,(H2,23,24,25). The zero-order chi connectivity index (χ0) is 21.5. The van der Waals surface area contributed by atoms with Gasteiger partial charge in [-0.3, -0.25) is 9.56 Å². The van der Waals surface area contributed by atoms with Gasteiger partial charge in [0.1, 0.15) is 11.6 Å². The minimum Gasteiger partial charge on any atom is -0.491 e. The third kappa shape index (κ3) is 5.64. The van der Waals surface area contributed by atoms with Crippen molar-refractivity contribution in [1.82, 2.24) is 25.0 Å². The second-order valence-electron chi connectivity index (χ2n) is 8.01. The van der Waals surface area contributed by atoms with E-state index in [1.54, 1.807) is 11.7 Å². The fourth-order valence-corrected chi connectivity index (χ4v) is 3.60. The van der Waals surface area contributed by atoms with Crippen LogP contribution in [0.4, 0.5) is 0 Å². The molecule has 0 radical (unpaired) electrons. The van der Waals surface area contributed by atoms with Gasteiger partial charge in [-0.05, 0) is 51.7 Å². The van der Waals surface area contributed by atoms with Crippen LogP contribution in [0.2, 0.25) is 0 Å². The van der Waals surface area contributed by atoms with Gasteiger partial charge in [0.15, 0.2) is 5.96 Å². The van der Waals surface area contributed by atoms with Gasteiger partial charge in [0.2, 0.25) is 0 Å². The molecule has 0 unspecified atom stereocenters. The van der Waals surface area contributed by atoms with E-state index in [4.69, 9.17) is 4.74 Å². The lowest BCUT2D eigenvalue weighted by molar-refractivity contribution is 0.239. The third-order valence-electron chi connectivity index (χ3n) is 5.13. The Morgan fingerprint density at radius 1 is 1.30 bits per heavy atom. The zero-order valence-electron chi connectivity index (χ0n) is 18.6. The normalized spacial score (nSPS) is 14.0. The predicted molar refractivity (Wildman–Crippen MR) is 119 cm³/mol. The number of aryl methyl sites for hydroxylation is 3. The number of hydrogen-bond donors (Lipinski definition) is 2. The molecule has 8 heteroatoms. The first-order chi connectivity index (χ1) is 14.5. The van der Waals surface area contributed by atoms with Crippen molar-refractivity contribution in [3.8, 4) is 5.75 Å². The Hall–Kier alpha value is -2.77. The molecule has 30 heavy (non-hydrogen) atoms. The van der Waals surface area contributed by atoms with Crippen molar-refractivity contribution in [2.75, 3.05) is 13.6 Å². The van der Waals surface area contributed by atoms with Gasteiger partial charge in [-0.1, -0.05) is 12.1 Å². The van der Waals surface area contributed by atoms with E-state index in [2.05, 4.69) is 45.8 Å². The van der Waals surface area contributed by atoms with Gasteiger partial charge < -0.3 is 15.4 Å². The van der Waals surface area contributed by atoms with Gasteiger partial charge in [-0.25, -0.2) is 9.48 Å². The summed E-state index contributed by atoms with van der Waals surface area (Å²) in [5.41, 5.74) is 2.28. The molecule has 0 bridgehead atoms. The number of fused-ring (bicyclic) bond motifs is 1. The molecule has 1 aliphatic rings. The Bertz CT molecular complexity index is 928. The molecule has 0 spiro atoms. The number of rotatable bonds is 8. The summed E-state index contributed by atoms with van der Waals surface area (Å²) in [4.78, 5) is 16.7. The molecular formula is C22H34N6O2. The smallest absolute Gasteiger partial charge is 0.345 e. The fraction of sp³-hybridized carbons (Fsp3) is 0.591. The van der Waals surface area contributed by atoms with Crippen LogP contribution in [-0.2, 0) is 26.1 Å². The number of ether oxygens (including phenoxy) is 1. The van der Waals surface area contributed by atoms with Crippen molar-refractivity contribution in [1.29, 1.82) is 0 Å². The highest BCUT2D eigenvalue weighted by Crippen LogP contribution is 2.21. The highest BCUT2D eigenvalue weighted by atomic mass is 16.5. The fourth-order valence-electron chi connectivity index (χ4n) is 3.60. The third-order valence-corrected chi connectivity index (χ3v) is 5.13. The predicted octanol–water partition coefficient (Wildman–Crippen LogP) is 2.23. The van der Waals surface area contributed by atoms with E-state index in [9.17, 15) is 4.79 Å². The molecule has 2 aromatic rings. The number of aliphatic imine (C=N–C) groups is 1. The van der Waals surface area contributed by atoms with Crippen LogP contribution in [0.15, 0.2) is 28.0 Å². The molecule has 8 nitrogen and oxygen atoms in total. The monoisotopic (exact) mass is 414 g/mol. The molecule has 2 heterocycles. The van der Waals surface area contributed by atoms with Crippen LogP contribution in [0.25, 0.3) is 0 Å². The molecule has 1 aromatic carbocycles. The number of aromatic nitrogens is 3. The van der Waals surface area contributed by atoms with E-state index in [0.717, 1.165) is 55.3 Å². The van der Waals surface area contributed by atoms with Gasteiger partial charge in [0.05, 0.1) is 6.10 Å². The van der Waals surface area contributed by atoms with E-state index in [1.165, 1.54) is 5.56 Å². The highest BCUT2D eigenvalue weighted by Gasteiger charge is 2.16. The van der Waals surface area contributed by atoms with E-state index >= 15 is 0 Å². The first kappa shape index (κ1) is 21.9. The Labute approximate surface area is 178 Å². The van der Waals surface area contributed by atoms with E-state index in [-0.39, 0.29) is 11.8 Å². The van der Waals surface area contributed by atoms with Crippen molar-refractivity contribution in [3.05, 3.63) is 45.6 Å². The van der Waals surface area contributed by atoms with E-state index in [0.29, 0.717) is 19.6 Å². The second kappa shape index (κ2) is 10.3. The van der Waals surface area contributed by atoms with E-state index < -0.39 is 0 Å². The molecule has 3 rings (SSSR count). The topological polar surface area (TPSA) is 85.5 Å². The Balaban J connectivity index is 1.48. The van der Waals surface area contributed by atoms with Crippen molar-refractivity contribution < 1.29 is 4.74 Å². The molecule has 0 fully saturated rings. The lowest BCUT2D eigenvalue weighted by atomic mass is 10.1. The summed E-state index contributed by atoms with van der Waals surface area (Å²) >= 11 is 0. The Morgan fingerprint density at radius 2 is 2.13 bits per heavy atom. The van der Waals surface area contributed by atoms with Gasteiger partial charge in [0, 0.05) is 45.2 Å². The van der Waals surface area contributed by atoms with Crippen LogP contribution >= 0.6 is 0 Å². The maximum Gasteiger partial charge on any atom is 0.345 e. The summed E-state index contributed by atoms with van der Waals surface area (Å²) in [5, 5.41) is 11.1. The average Bonchev–Trinajstić information content (AvgIpc) is 3.04. The molecule has 0 saturated carbocycles. The number of benzene rings is 1. The van der Waals surface area contributed by atoms with Crippen LogP contribution < -0.4 is 21.1 Å². The maximum absolute atomic E-state index is 12.4. The van der Waals surface area contributed by atoms with Crippen LogP contribution in [0, 0.1) is 6.92 Å². The Kier molecular flexibility index (Phi) is 7.54. The summed E-state index contributed by atoms with van der Waals surface area (Å²) < 4.78 is 9.36. The van der Waals surface area contributed by atoms with Crippen LogP contribution in [-0.4, -0.2) is 40.0 Å². The minimum atomic E-state index is 0.0178. The molecule has 1 aliphatic heterocycles. The molecule has 0 aliphatic carbocycles. The SMILES string of the molecule is CN=C(NCCCn1nc2n(c1=O)CCCC2)NCc1ccc(C)cc1OC(C)C. The van der Waals surface area contributed by atoms with Crippen molar-refractivity contribution in [3.63, 3.8) is 0 Å². The molecule has 164 valence electrons. The number of nitrogens with one attached hydrogen (secondary N) is 2. The van der Waals surface area contributed by atoms with Crippen molar-refractivity contribution in [2.45, 2.75) is 72.2 Å². The molecular weight excluding hydrogens is 380 g/mol. The van der Waals surface area contributed by atoms with Crippen LogP contribution in [0.1, 0.15) is 50.1 Å². The Morgan fingerprint density at radius 3 is 2.87 bits per heavy atom. The summed E-state index contributed by atoms with van der Waals surface area (Å²) in [5.74, 6) is 2.55. The van der Waals surface area contributed by atoms with Crippen LogP contribution in [0.3, 0.4) is 0 Å². The molecule has 1 aromatic heterocycles. The zero-order valence-corrected chi connectivity index (χ0v) is 18.6. The van der Waals surface area contributed by atoms with E-state index in [1.807, 2.05) is 18.4 Å². The van der Waals surface area contributed by atoms with Crippen molar-refractivity contribution in [2.24, 2.45) is 4.99 Å². The molecule has 0 saturated heterocycles.